The maximum absolute atomic E-state index is 12.1. The lowest BCUT2D eigenvalue weighted by atomic mass is 9.66. The van der Waals surface area contributed by atoms with Crippen LogP contribution in [0.4, 0.5) is 0 Å². The summed E-state index contributed by atoms with van der Waals surface area (Å²) in [7, 11) is 0. The number of carboxylic acid groups (broad SMARTS) is 1. The average Bonchev–Trinajstić information content (AvgIpc) is 2.31. The van der Waals surface area contributed by atoms with Crippen molar-refractivity contribution in [2.45, 2.75) is 64.8 Å². The van der Waals surface area contributed by atoms with E-state index in [0.29, 0.717) is 19.6 Å². The van der Waals surface area contributed by atoms with Crippen molar-refractivity contribution in [2.75, 3.05) is 13.2 Å². The van der Waals surface area contributed by atoms with Crippen molar-refractivity contribution in [2.24, 2.45) is 5.92 Å². The molecule has 1 amide bonds. The van der Waals surface area contributed by atoms with E-state index in [0.717, 1.165) is 0 Å². The number of rotatable bonds is 5. The van der Waals surface area contributed by atoms with E-state index in [1.54, 1.807) is 6.92 Å². The molecule has 2 unspecified atom stereocenters. The SMILES string of the molecule is C#CCN1C(C)(C)CC(NC(C)=O)(OCC)C(C(=O)O)C1(C)C. The standard InChI is InChI=1S/C17H28N2O4/c1-8-10-19-15(4,5)11-17(23-9-2,18-12(3)20)13(14(21)22)16(19,6)7/h1,13H,9-11H2,2-7H3,(H,18,20)(H,21,22). The summed E-state index contributed by atoms with van der Waals surface area (Å²) >= 11 is 0. The molecular formula is C17H28N2O4. The van der Waals surface area contributed by atoms with E-state index >= 15 is 0 Å². The molecule has 0 spiro atoms. The highest BCUT2D eigenvalue weighted by molar-refractivity contribution is 5.78. The number of hydrogen-bond donors (Lipinski definition) is 2. The Hall–Kier alpha value is -1.58. The second kappa shape index (κ2) is 6.50. The van der Waals surface area contributed by atoms with Crippen LogP contribution >= 0.6 is 0 Å². The number of ether oxygens (including phenoxy) is 1. The van der Waals surface area contributed by atoms with Crippen molar-refractivity contribution in [1.82, 2.24) is 10.2 Å². The van der Waals surface area contributed by atoms with Crippen LogP contribution in [-0.4, -0.2) is 51.8 Å². The van der Waals surface area contributed by atoms with Gasteiger partial charge in [0.2, 0.25) is 5.91 Å². The summed E-state index contributed by atoms with van der Waals surface area (Å²) in [6.45, 7) is 11.4. The number of nitrogens with zero attached hydrogens (tertiary/aromatic N) is 1. The van der Waals surface area contributed by atoms with Gasteiger partial charge < -0.3 is 15.2 Å². The van der Waals surface area contributed by atoms with Gasteiger partial charge in [0.25, 0.3) is 0 Å². The van der Waals surface area contributed by atoms with Gasteiger partial charge in [0.15, 0.2) is 5.72 Å². The van der Waals surface area contributed by atoms with Gasteiger partial charge in [0.1, 0.15) is 5.92 Å². The number of likely N-dealkylation sites (tertiary alicyclic amines) is 1. The second-order valence-corrected chi connectivity index (χ2v) is 7.21. The Morgan fingerprint density at radius 3 is 2.35 bits per heavy atom. The van der Waals surface area contributed by atoms with Gasteiger partial charge in [0, 0.05) is 31.0 Å². The van der Waals surface area contributed by atoms with Gasteiger partial charge in [-0.1, -0.05) is 5.92 Å². The van der Waals surface area contributed by atoms with Crippen LogP contribution in [0.25, 0.3) is 0 Å². The van der Waals surface area contributed by atoms with E-state index in [1.807, 2.05) is 32.6 Å². The van der Waals surface area contributed by atoms with Crippen LogP contribution in [0.15, 0.2) is 0 Å². The molecule has 1 fully saturated rings. The number of amides is 1. The number of nitrogens with one attached hydrogen (secondary N) is 1. The fraction of sp³-hybridized carbons (Fsp3) is 0.765. The summed E-state index contributed by atoms with van der Waals surface area (Å²) in [5, 5.41) is 12.7. The first-order valence-corrected chi connectivity index (χ1v) is 7.81. The minimum Gasteiger partial charge on any atom is -0.481 e. The lowest BCUT2D eigenvalue weighted by Gasteiger charge is -2.61. The number of piperidine rings is 1. The molecule has 1 rings (SSSR count). The lowest BCUT2D eigenvalue weighted by molar-refractivity contribution is -0.221. The molecule has 2 N–H and O–H groups in total. The van der Waals surface area contributed by atoms with Crippen molar-refractivity contribution in [3.8, 4) is 12.3 Å². The van der Waals surface area contributed by atoms with Gasteiger partial charge in [0.05, 0.1) is 6.54 Å². The third-order valence-electron chi connectivity index (χ3n) is 4.58. The van der Waals surface area contributed by atoms with Crippen molar-refractivity contribution >= 4 is 11.9 Å². The summed E-state index contributed by atoms with van der Waals surface area (Å²) < 4.78 is 5.86. The lowest BCUT2D eigenvalue weighted by Crippen LogP contribution is -2.76. The Bertz CT molecular complexity index is 521. The third-order valence-corrected chi connectivity index (χ3v) is 4.58. The topological polar surface area (TPSA) is 78.9 Å². The predicted octanol–water partition coefficient (Wildman–Crippen LogP) is 1.45. The molecule has 0 aliphatic carbocycles. The zero-order chi connectivity index (χ0) is 18.1. The minimum atomic E-state index is -1.27. The van der Waals surface area contributed by atoms with E-state index < -0.39 is 28.7 Å². The van der Waals surface area contributed by atoms with E-state index in [1.165, 1.54) is 6.92 Å². The van der Waals surface area contributed by atoms with Crippen LogP contribution in [-0.2, 0) is 14.3 Å². The Kier molecular flexibility index (Phi) is 5.50. The van der Waals surface area contributed by atoms with Crippen molar-refractivity contribution < 1.29 is 19.4 Å². The van der Waals surface area contributed by atoms with Crippen LogP contribution in [0, 0.1) is 18.3 Å². The van der Waals surface area contributed by atoms with Crippen LogP contribution in [0.1, 0.15) is 48.0 Å². The van der Waals surface area contributed by atoms with Crippen molar-refractivity contribution in [1.29, 1.82) is 0 Å². The summed E-state index contributed by atoms with van der Waals surface area (Å²) in [4.78, 5) is 25.9. The number of aliphatic carboxylic acids is 1. The van der Waals surface area contributed by atoms with E-state index in [2.05, 4.69) is 11.2 Å². The average molecular weight is 324 g/mol. The van der Waals surface area contributed by atoms with Gasteiger partial charge in [-0.3, -0.25) is 14.5 Å². The molecule has 1 aliphatic heterocycles. The number of carboxylic acids is 1. The van der Waals surface area contributed by atoms with E-state index in [-0.39, 0.29) is 5.91 Å². The van der Waals surface area contributed by atoms with E-state index in [4.69, 9.17) is 11.2 Å². The zero-order valence-electron chi connectivity index (χ0n) is 14.9. The second-order valence-electron chi connectivity index (χ2n) is 7.21. The molecular weight excluding hydrogens is 296 g/mol. The number of terminal acetylenes is 1. The molecule has 0 aromatic heterocycles. The summed E-state index contributed by atoms with van der Waals surface area (Å²) in [5.41, 5.74) is -2.53. The molecule has 0 radical (unpaired) electrons. The monoisotopic (exact) mass is 324 g/mol. The summed E-state index contributed by atoms with van der Waals surface area (Å²) in [5.74, 6) is 0.318. The molecule has 0 saturated carbocycles. The highest BCUT2D eigenvalue weighted by Gasteiger charge is 2.63. The highest BCUT2D eigenvalue weighted by atomic mass is 16.5. The molecule has 130 valence electrons. The first-order valence-electron chi connectivity index (χ1n) is 7.81. The summed E-state index contributed by atoms with van der Waals surface area (Å²) in [6.07, 6.45) is 5.82. The fourth-order valence-electron chi connectivity index (χ4n) is 4.20. The number of carbonyl (C=O) groups excluding carboxylic acids is 1. The molecule has 2 atom stereocenters. The van der Waals surface area contributed by atoms with Crippen LogP contribution < -0.4 is 5.32 Å². The molecule has 1 heterocycles. The maximum Gasteiger partial charge on any atom is 0.313 e. The molecule has 23 heavy (non-hydrogen) atoms. The molecule has 0 bridgehead atoms. The first-order chi connectivity index (χ1) is 10.4. The van der Waals surface area contributed by atoms with Gasteiger partial charge >= 0.3 is 5.97 Å². The van der Waals surface area contributed by atoms with Gasteiger partial charge in [-0.25, -0.2) is 0 Å². The molecule has 0 aromatic carbocycles. The largest absolute Gasteiger partial charge is 0.481 e. The highest BCUT2D eigenvalue weighted by Crippen LogP contribution is 2.48. The van der Waals surface area contributed by atoms with Crippen LogP contribution in [0.2, 0.25) is 0 Å². The van der Waals surface area contributed by atoms with Gasteiger partial charge in [-0.15, -0.1) is 6.42 Å². The molecule has 0 aromatic rings. The van der Waals surface area contributed by atoms with Gasteiger partial charge in [-0.05, 0) is 34.6 Å². The van der Waals surface area contributed by atoms with Crippen LogP contribution in [0.3, 0.4) is 0 Å². The van der Waals surface area contributed by atoms with Crippen molar-refractivity contribution in [3.05, 3.63) is 0 Å². The molecule has 6 nitrogen and oxygen atoms in total. The predicted molar refractivity (Wildman–Crippen MR) is 87.6 cm³/mol. The normalized spacial score (nSPS) is 29.5. The summed E-state index contributed by atoms with van der Waals surface area (Å²) in [6, 6.07) is 0. The Labute approximate surface area is 138 Å². The Morgan fingerprint density at radius 2 is 1.96 bits per heavy atom. The smallest absolute Gasteiger partial charge is 0.313 e. The van der Waals surface area contributed by atoms with Crippen molar-refractivity contribution in [3.63, 3.8) is 0 Å². The Balaban J connectivity index is 3.54. The first kappa shape index (κ1) is 19.5. The number of hydrogen-bond acceptors (Lipinski definition) is 4. The maximum atomic E-state index is 12.1. The van der Waals surface area contributed by atoms with E-state index in [9.17, 15) is 14.7 Å². The fourth-order valence-corrected chi connectivity index (χ4v) is 4.20. The third kappa shape index (κ3) is 3.51. The van der Waals surface area contributed by atoms with Gasteiger partial charge in [-0.2, -0.15) is 0 Å². The molecule has 6 heteroatoms. The molecule has 1 saturated heterocycles. The van der Waals surface area contributed by atoms with Crippen LogP contribution in [0.5, 0.6) is 0 Å². The zero-order valence-corrected chi connectivity index (χ0v) is 14.9. The Morgan fingerprint density at radius 1 is 1.39 bits per heavy atom. The molecule has 1 aliphatic rings. The quantitative estimate of drug-likeness (QED) is 0.591. The number of carbonyl (C=O) groups is 2. The minimum absolute atomic E-state index is 0.297.